The number of unbranched alkanes of at least 4 members (excludes halogenated alkanes) is 2. The summed E-state index contributed by atoms with van der Waals surface area (Å²) in [6.45, 7) is 2.61. The number of hydrogen-bond donors (Lipinski definition) is 1. The Kier molecular flexibility index (Phi) is 5.96. The number of ketones is 1. The molecule has 0 saturated heterocycles. The summed E-state index contributed by atoms with van der Waals surface area (Å²) in [6.07, 6.45) is 2.83. The molecule has 0 fully saturated rings. The molecule has 84 valence electrons. The second-order valence-electron chi connectivity index (χ2n) is 4.91. The lowest BCUT2D eigenvalue weighted by Gasteiger charge is -2.26. The topological polar surface area (TPSA) is 37.3 Å². The molecule has 0 bridgehead atoms. The molecule has 1 unspecified atom stereocenters. The summed E-state index contributed by atoms with van der Waals surface area (Å²) in [6, 6.07) is 0. The van der Waals surface area contributed by atoms with Crippen LogP contribution in [0, 0.1) is 0 Å². The molecule has 0 aromatic carbocycles. The molecule has 1 N–H and O–H groups in total. The summed E-state index contributed by atoms with van der Waals surface area (Å²) < 4.78 is 0.626. The van der Waals surface area contributed by atoms with Crippen LogP contribution in [0.4, 0.5) is 0 Å². The van der Waals surface area contributed by atoms with Crippen molar-refractivity contribution in [2.45, 2.75) is 38.7 Å². The van der Waals surface area contributed by atoms with E-state index >= 15 is 0 Å². The third-order valence-corrected chi connectivity index (χ3v) is 2.12. The van der Waals surface area contributed by atoms with Crippen LogP contribution in [-0.4, -0.2) is 49.2 Å². The Labute approximate surface area is 87.3 Å². The van der Waals surface area contributed by atoms with Crippen molar-refractivity contribution in [2.24, 2.45) is 0 Å². The highest BCUT2D eigenvalue weighted by atomic mass is 16.3. The highest BCUT2D eigenvalue weighted by Crippen LogP contribution is 2.04. The predicted molar refractivity (Wildman–Crippen MR) is 58.1 cm³/mol. The lowest BCUT2D eigenvalue weighted by atomic mass is 10.1. The second-order valence-corrected chi connectivity index (χ2v) is 4.91. The zero-order valence-electron chi connectivity index (χ0n) is 9.92. The first-order chi connectivity index (χ1) is 6.37. The van der Waals surface area contributed by atoms with Crippen LogP contribution in [0.5, 0.6) is 0 Å². The van der Waals surface area contributed by atoms with E-state index < -0.39 is 6.10 Å². The van der Waals surface area contributed by atoms with Gasteiger partial charge in [0.25, 0.3) is 0 Å². The molecule has 3 heteroatoms. The maximum Gasteiger partial charge on any atom is 0.167 e. The Bertz CT molecular complexity index is 173. The lowest BCUT2D eigenvalue weighted by Crippen LogP contribution is -2.44. The quantitative estimate of drug-likeness (QED) is 0.497. The standard InChI is InChI=1S/C11H24NO2/c1-5-6-7-8-10(13)11(14)9-12(2,3)4/h11,14H,5-9H2,1-4H3/q+1. The van der Waals surface area contributed by atoms with Crippen molar-refractivity contribution in [3.05, 3.63) is 0 Å². The summed E-state index contributed by atoms with van der Waals surface area (Å²) in [5.74, 6) is -0.00787. The Hall–Kier alpha value is -0.410. The molecule has 14 heavy (non-hydrogen) atoms. The summed E-state index contributed by atoms with van der Waals surface area (Å²) in [4.78, 5) is 11.4. The van der Waals surface area contributed by atoms with Crippen LogP contribution >= 0.6 is 0 Å². The number of hydrogen-bond acceptors (Lipinski definition) is 2. The minimum atomic E-state index is -0.785. The third kappa shape index (κ3) is 7.04. The molecule has 0 rings (SSSR count). The minimum Gasteiger partial charge on any atom is -0.380 e. The van der Waals surface area contributed by atoms with E-state index in [9.17, 15) is 9.90 Å². The van der Waals surface area contributed by atoms with Gasteiger partial charge in [-0.1, -0.05) is 19.8 Å². The fraction of sp³-hybridized carbons (Fsp3) is 0.909. The molecule has 0 aromatic heterocycles. The zero-order chi connectivity index (χ0) is 11.2. The largest absolute Gasteiger partial charge is 0.380 e. The van der Waals surface area contributed by atoms with Gasteiger partial charge in [0.05, 0.1) is 21.1 Å². The van der Waals surface area contributed by atoms with Gasteiger partial charge in [-0.3, -0.25) is 4.79 Å². The average molecular weight is 202 g/mol. The van der Waals surface area contributed by atoms with Crippen LogP contribution in [0.2, 0.25) is 0 Å². The van der Waals surface area contributed by atoms with Crippen molar-refractivity contribution in [3.63, 3.8) is 0 Å². The van der Waals surface area contributed by atoms with Gasteiger partial charge in [0.1, 0.15) is 6.54 Å². The van der Waals surface area contributed by atoms with Gasteiger partial charge in [-0.05, 0) is 6.42 Å². The van der Waals surface area contributed by atoms with Gasteiger partial charge in [0.15, 0.2) is 11.9 Å². The number of carbonyl (C=O) groups is 1. The summed E-state index contributed by atoms with van der Waals surface area (Å²) >= 11 is 0. The zero-order valence-corrected chi connectivity index (χ0v) is 9.92. The second kappa shape index (κ2) is 6.14. The van der Waals surface area contributed by atoms with E-state index in [2.05, 4.69) is 6.92 Å². The fourth-order valence-electron chi connectivity index (χ4n) is 1.34. The van der Waals surface area contributed by atoms with Gasteiger partial charge >= 0.3 is 0 Å². The normalized spacial score (nSPS) is 14.1. The van der Waals surface area contributed by atoms with E-state index in [0.717, 1.165) is 19.3 Å². The number of likely N-dealkylation sites (N-methyl/N-ethyl adjacent to an activating group) is 1. The van der Waals surface area contributed by atoms with E-state index in [4.69, 9.17) is 0 Å². The van der Waals surface area contributed by atoms with E-state index in [1.54, 1.807) is 0 Å². The molecular weight excluding hydrogens is 178 g/mol. The van der Waals surface area contributed by atoms with E-state index in [1.165, 1.54) is 0 Å². The molecule has 3 nitrogen and oxygen atoms in total. The molecule has 0 heterocycles. The van der Waals surface area contributed by atoms with E-state index in [0.29, 0.717) is 17.4 Å². The van der Waals surface area contributed by atoms with Crippen molar-refractivity contribution < 1.29 is 14.4 Å². The number of quaternary nitrogens is 1. The van der Waals surface area contributed by atoms with Crippen LogP contribution in [0.1, 0.15) is 32.6 Å². The summed E-state index contributed by atoms with van der Waals surface area (Å²) in [7, 11) is 5.92. The molecule has 0 aromatic rings. The van der Waals surface area contributed by atoms with E-state index in [1.807, 2.05) is 21.1 Å². The van der Waals surface area contributed by atoms with Crippen LogP contribution in [0.25, 0.3) is 0 Å². The Balaban J connectivity index is 3.77. The third-order valence-electron chi connectivity index (χ3n) is 2.12. The van der Waals surface area contributed by atoms with Crippen LogP contribution in [0.3, 0.4) is 0 Å². The maximum atomic E-state index is 11.4. The monoisotopic (exact) mass is 202 g/mol. The molecular formula is C11H24NO2+. The number of Topliss-reactive ketones (excluding diaryl/α,β-unsaturated/α-hetero) is 1. The van der Waals surface area contributed by atoms with Crippen molar-refractivity contribution in [2.75, 3.05) is 27.7 Å². The molecule has 0 aliphatic carbocycles. The smallest absolute Gasteiger partial charge is 0.167 e. The predicted octanol–water partition coefficient (Wildman–Crippen LogP) is 1.20. The van der Waals surface area contributed by atoms with Crippen LogP contribution in [-0.2, 0) is 4.79 Å². The van der Waals surface area contributed by atoms with Crippen LogP contribution in [0.15, 0.2) is 0 Å². The molecule has 0 spiro atoms. The van der Waals surface area contributed by atoms with Crippen molar-refractivity contribution in [3.8, 4) is 0 Å². The Morgan fingerprint density at radius 3 is 2.29 bits per heavy atom. The van der Waals surface area contributed by atoms with Gasteiger partial charge < -0.3 is 9.59 Å². The van der Waals surface area contributed by atoms with Gasteiger partial charge in [0, 0.05) is 6.42 Å². The molecule has 0 radical (unpaired) electrons. The Morgan fingerprint density at radius 1 is 1.29 bits per heavy atom. The maximum absolute atomic E-state index is 11.4. The number of carbonyl (C=O) groups excluding carboxylic acids is 1. The van der Waals surface area contributed by atoms with Crippen molar-refractivity contribution in [1.82, 2.24) is 0 Å². The number of rotatable bonds is 7. The lowest BCUT2D eigenvalue weighted by molar-refractivity contribution is -0.872. The van der Waals surface area contributed by atoms with Crippen LogP contribution < -0.4 is 0 Å². The van der Waals surface area contributed by atoms with Gasteiger partial charge in [-0.2, -0.15) is 0 Å². The first-order valence-electron chi connectivity index (χ1n) is 5.38. The van der Waals surface area contributed by atoms with Crippen molar-refractivity contribution in [1.29, 1.82) is 0 Å². The van der Waals surface area contributed by atoms with Gasteiger partial charge in [0.2, 0.25) is 0 Å². The SMILES string of the molecule is CCCCCC(=O)C(O)C[N+](C)(C)C. The van der Waals surface area contributed by atoms with Crippen molar-refractivity contribution >= 4 is 5.78 Å². The van der Waals surface area contributed by atoms with Gasteiger partial charge in [-0.25, -0.2) is 0 Å². The highest BCUT2D eigenvalue weighted by Gasteiger charge is 2.21. The molecule has 0 aliphatic rings. The fourth-order valence-corrected chi connectivity index (χ4v) is 1.34. The molecule has 0 saturated carbocycles. The highest BCUT2D eigenvalue weighted by molar-refractivity contribution is 5.82. The number of nitrogens with zero attached hydrogens (tertiary/aromatic N) is 1. The first-order valence-corrected chi connectivity index (χ1v) is 5.38. The number of aliphatic hydroxyl groups is 1. The molecule has 0 amide bonds. The summed E-state index contributed by atoms with van der Waals surface area (Å²) in [5, 5.41) is 9.59. The Morgan fingerprint density at radius 2 is 1.86 bits per heavy atom. The number of aliphatic hydroxyl groups excluding tert-OH is 1. The summed E-state index contributed by atoms with van der Waals surface area (Å²) in [5.41, 5.74) is 0. The minimum absolute atomic E-state index is 0.00787. The van der Waals surface area contributed by atoms with Gasteiger partial charge in [-0.15, -0.1) is 0 Å². The van der Waals surface area contributed by atoms with E-state index in [-0.39, 0.29) is 5.78 Å². The molecule has 0 aliphatic heterocycles. The first kappa shape index (κ1) is 13.6. The molecule has 1 atom stereocenters. The average Bonchev–Trinajstić information content (AvgIpc) is 2.01.